The van der Waals surface area contributed by atoms with Gasteiger partial charge in [0.1, 0.15) is 0 Å². The largest absolute Gasteiger partial charge is 0.449 e. The summed E-state index contributed by atoms with van der Waals surface area (Å²) in [4.78, 5) is 39.8. The lowest BCUT2D eigenvalue weighted by atomic mass is 10.2. The Kier molecular flexibility index (Phi) is 3.54. The van der Waals surface area contributed by atoms with Crippen molar-refractivity contribution in [3.05, 3.63) is 36.0 Å². The molecule has 1 atom stereocenters. The molecule has 1 saturated heterocycles. The van der Waals surface area contributed by atoms with E-state index in [2.05, 4.69) is 10.3 Å². The van der Waals surface area contributed by atoms with Crippen LogP contribution in [0.3, 0.4) is 0 Å². The lowest BCUT2D eigenvalue weighted by molar-refractivity contribution is -0.136. The Bertz CT molecular complexity index is 752. The van der Waals surface area contributed by atoms with Gasteiger partial charge in [0.05, 0.1) is 5.56 Å². The average molecular weight is 301 g/mol. The van der Waals surface area contributed by atoms with Gasteiger partial charge >= 0.3 is 12.0 Å². The van der Waals surface area contributed by atoms with Crippen LogP contribution >= 0.6 is 0 Å². The molecule has 1 aromatic carbocycles. The zero-order chi connectivity index (χ0) is 15.7. The van der Waals surface area contributed by atoms with Gasteiger partial charge in [0.2, 0.25) is 0 Å². The van der Waals surface area contributed by atoms with Gasteiger partial charge in [-0.25, -0.2) is 9.59 Å². The summed E-state index contributed by atoms with van der Waals surface area (Å²) in [7, 11) is 0. The van der Waals surface area contributed by atoms with Crippen molar-refractivity contribution in [2.24, 2.45) is 0 Å². The number of nitrogens with one attached hydrogen (secondary N) is 2. The topological polar surface area (TPSA) is 91.5 Å². The molecule has 22 heavy (non-hydrogen) atoms. The summed E-state index contributed by atoms with van der Waals surface area (Å²) >= 11 is 0. The van der Waals surface area contributed by atoms with E-state index in [-0.39, 0.29) is 6.54 Å². The smallest absolute Gasteiger partial charge is 0.341 e. The number of nitrogens with zero attached hydrogens (tertiary/aromatic N) is 1. The predicted molar refractivity (Wildman–Crippen MR) is 78.3 cm³/mol. The molecule has 1 fully saturated rings. The van der Waals surface area contributed by atoms with Gasteiger partial charge in [0.15, 0.2) is 6.10 Å². The summed E-state index contributed by atoms with van der Waals surface area (Å²) in [5.74, 6) is -1.12. The van der Waals surface area contributed by atoms with Crippen molar-refractivity contribution < 1.29 is 19.1 Å². The maximum atomic E-state index is 12.2. The quantitative estimate of drug-likeness (QED) is 0.835. The van der Waals surface area contributed by atoms with Crippen molar-refractivity contribution in [3.63, 3.8) is 0 Å². The molecule has 3 rings (SSSR count). The van der Waals surface area contributed by atoms with E-state index in [1.54, 1.807) is 12.3 Å². The molecule has 0 saturated carbocycles. The van der Waals surface area contributed by atoms with Gasteiger partial charge in [-0.2, -0.15) is 0 Å². The highest BCUT2D eigenvalue weighted by Crippen LogP contribution is 2.19. The number of para-hydroxylation sites is 1. The zero-order valence-corrected chi connectivity index (χ0v) is 12.0. The summed E-state index contributed by atoms with van der Waals surface area (Å²) < 4.78 is 5.20. The Labute approximate surface area is 126 Å². The number of carbonyl (C=O) groups is 3. The highest BCUT2D eigenvalue weighted by atomic mass is 16.5. The lowest BCUT2D eigenvalue weighted by Crippen LogP contribution is -2.41. The van der Waals surface area contributed by atoms with Crippen LogP contribution in [0.5, 0.6) is 0 Å². The highest BCUT2D eigenvalue weighted by molar-refractivity contribution is 6.05. The number of H-pyrrole nitrogens is 1. The molecule has 0 bridgehead atoms. The fraction of sp³-hybridized carbons (Fsp3) is 0.267. The maximum Gasteiger partial charge on any atom is 0.341 e. The van der Waals surface area contributed by atoms with Gasteiger partial charge in [0.25, 0.3) is 5.91 Å². The van der Waals surface area contributed by atoms with E-state index in [4.69, 9.17) is 4.74 Å². The van der Waals surface area contributed by atoms with E-state index in [1.165, 1.54) is 6.92 Å². The number of ether oxygens (including phenoxy) is 1. The molecule has 7 nitrogen and oxygen atoms in total. The third-order valence-electron chi connectivity index (χ3n) is 3.56. The zero-order valence-electron chi connectivity index (χ0n) is 12.0. The number of hydrogen-bond acceptors (Lipinski definition) is 4. The number of carbonyl (C=O) groups excluding carboxylic acids is 3. The standard InChI is InChI=1S/C15H15N3O4/c1-9(13(19)18-7-6-16-15(18)21)22-14(20)11-8-17-12-5-3-2-4-10(11)12/h2-5,8-9,17H,6-7H2,1H3,(H,16,21)/t9-/m1/s1. The first-order chi connectivity index (χ1) is 10.6. The maximum absolute atomic E-state index is 12.2. The Morgan fingerprint density at radius 3 is 2.82 bits per heavy atom. The Balaban J connectivity index is 1.73. The van der Waals surface area contributed by atoms with E-state index >= 15 is 0 Å². The number of benzene rings is 1. The number of fused-ring (bicyclic) bond motifs is 1. The predicted octanol–water partition coefficient (Wildman–Crippen LogP) is 1.26. The summed E-state index contributed by atoms with van der Waals surface area (Å²) in [6.45, 7) is 2.15. The third kappa shape index (κ3) is 2.41. The number of aromatic amines is 1. The Hall–Kier alpha value is -2.83. The van der Waals surface area contributed by atoms with Gasteiger partial charge in [-0.15, -0.1) is 0 Å². The molecule has 2 heterocycles. The minimum absolute atomic E-state index is 0.284. The van der Waals surface area contributed by atoms with Gasteiger partial charge in [-0.3, -0.25) is 9.69 Å². The fourth-order valence-electron chi connectivity index (χ4n) is 2.42. The van der Waals surface area contributed by atoms with Crippen LogP contribution in [0.4, 0.5) is 4.79 Å². The number of hydrogen-bond donors (Lipinski definition) is 2. The number of urea groups is 1. The molecule has 1 aromatic heterocycles. The molecule has 2 aromatic rings. The van der Waals surface area contributed by atoms with Crippen molar-refractivity contribution in [1.82, 2.24) is 15.2 Å². The Morgan fingerprint density at radius 1 is 1.32 bits per heavy atom. The molecular formula is C15H15N3O4. The molecule has 2 N–H and O–H groups in total. The highest BCUT2D eigenvalue weighted by Gasteiger charge is 2.32. The second-order valence-corrected chi connectivity index (χ2v) is 5.02. The van der Waals surface area contributed by atoms with Crippen molar-refractivity contribution in [1.29, 1.82) is 0 Å². The number of rotatable bonds is 3. The van der Waals surface area contributed by atoms with Crippen LogP contribution in [-0.4, -0.2) is 47.0 Å². The first kappa shape index (κ1) is 14.1. The molecule has 0 spiro atoms. The van der Waals surface area contributed by atoms with E-state index < -0.39 is 24.0 Å². The summed E-state index contributed by atoms with van der Waals surface area (Å²) in [5, 5.41) is 3.26. The van der Waals surface area contributed by atoms with Crippen molar-refractivity contribution >= 4 is 28.8 Å². The first-order valence-electron chi connectivity index (χ1n) is 6.94. The van der Waals surface area contributed by atoms with Gasteiger partial charge in [-0.05, 0) is 13.0 Å². The van der Waals surface area contributed by atoms with Crippen LogP contribution in [0.25, 0.3) is 10.9 Å². The normalized spacial score (nSPS) is 15.7. The van der Waals surface area contributed by atoms with E-state index in [0.717, 1.165) is 15.8 Å². The van der Waals surface area contributed by atoms with E-state index in [1.807, 2.05) is 18.2 Å². The Morgan fingerprint density at radius 2 is 2.09 bits per heavy atom. The minimum Gasteiger partial charge on any atom is -0.449 e. The molecule has 114 valence electrons. The summed E-state index contributed by atoms with van der Waals surface area (Å²) in [6, 6.07) is 6.85. The van der Waals surface area contributed by atoms with Crippen molar-refractivity contribution in [3.8, 4) is 0 Å². The number of amides is 3. The number of aromatic nitrogens is 1. The monoisotopic (exact) mass is 301 g/mol. The summed E-state index contributed by atoms with van der Waals surface area (Å²) in [5.41, 5.74) is 1.17. The van der Waals surface area contributed by atoms with E-state index in [0.29, 0.717) is 12.1 Å². The van der Waals surface area contributed by atoms with Crippen LogP contribution in [0.15, 0.2) is 30.5 Å². The van der Waals surface area contributed by atoms with Crippen LogP contribution in [0, 0.1) is 0 Å². The van der Waals surface area contributed by atoms with Gasteiger partial charge in [-0.1, -0.05) is 18.2 Å². The molecule has 7 heteroatoms. The molecule has 3 amide bonds. The molecule has 1 aliphatic heterocycles. The number of esters is 1. The molecule has 1 aliphatic rings. The van der Waals surface area contributed by atoms with Crippen molar-refractivity contribution in [2.75, 3.05) is 13.1 Å². The average Bonchev–Trinajstić information content (AvgIpc) is 3.12. The second kappa shape index (κ2) is 5.51. The summed E-state index contributed by atoms with van der Waals surface area (Å²) in [6.07, 6.45) is 0.525. The molecule has 0 radical (unpaired) electrons. The van der Waals surface area contributed by atoms with E-state index in [9.17, 15) is 14.4 Å². The van der Waals surface area contributed by atoms with Crippen molar-refractivity contribution in [2.45, 2.75) is 13.0 Å². The SMILES string of the molecule is C[C@@H](OC(=O)c1c[nH]c2ccccc12)C(=O)N1CCNC1=O. The second-order valence-electron chi connectivity index (χ2n) is 5.02. The lowest BCUT2D eigenvalue weighted by Gasteiger charge is -2.17. The van der Waals surface area contributed by atoms with Gasteiger partial charge in [0, 0.05) is 30.2 Å². The number of imide groups is 1. The van der Waals surface area contributed by atoms with Crippen LogP contribution < -0.4 is 5.32 Å². The minimum atomic E-state index is -1.02. The third-order valence-corrected chi connectivity index (χ3v) is 3.56. The van der Waals surface area contributed by atoms with Crippen LogP contribution in [-0.2, 0) is 9.53 Å². The molecular weight excluding hydrogens is 286 g/mol. The van der Waals surface area contributed by atoms with Crippen LogP contribution in [0.1, 0.15) is 17.3 Å². The molecule has 0 unspecified atom stereocenters. The molecule has 0 aliphatic carbocycles. The fourth-order valence-corrected chi connectivity index (χ4v) is 2.42. The first-order valence-corrected chi connectivity index (χ1v) is 6.94. The van der Waals surface area contributed by atoms with Crippen LogP contribution in [0.2, 0.25) is 0 Å². The van der Waals surface area contributed by atoms with Gasteiger partial charge < -0.3 is 15.0 Å².